The monoisotopic (exact) mass is 345 g/mol. The molecule has 3 heterocycles. The van der Waals surface area contributed by atoms with E-state index in [9.17, 15) is 0 Å². The normalized spacial score (nSPS) is 10.9. The van der Waals surface area contributed by atoms with E-state index in [4.69, 9.17) is 4.42 Å². The summed E-state index contributed by atoms with van der Waals surface area (Å²) >= 11 is 0. The molecule has 3 aromatic heterocycles. The topological polar surface area (TPSA) is 79.6 Å². The molecule has 0 saturated carbocycles. The maximum absolute atomic E-state index is 5.57. The van der Waals surface area contributed by atoms with Crippen molar-refractivity contribution in [3.05, 3.63) is 78.6 Å². The molecule has 0 amide bonds. The molecule has 4 rings (SSSR count). The van der Waals surface area contributed by atoms with Crippen LogP contribution in [0.1, 0.15) is 11.3 Å². The minimum Gasteiger partial charge on any atom is -0.444 e. The second-order valence-electron chi connectivity index (χ2n) is 5.95. The standard InChI is InChI=1S/C20H19N5O/c1-2-5-15(6-3-1)20-24-18(14-26-20)8-10-22-12-17-13-23-25-19(17)16-7-4-9-21-11-16/h1-7,9,11,13-14,22H,8,10,12H2,(H,23,25). The van der Waals surface area contributed by atoms with Crippen molar-refractivity contribution in [1.29, 1.82) is 0 Å². The van der Waals surface area contributed by atoms with E-state index in [-0.39, 0.29) is 0 Å². The summed E-state index contributed by atoms with van der Waals surface area (Å²) < 4.78 is 5.57. The van der Waals surface area contributed by atoms with Crippen LogP contribution in [0.15, 0.2) is 71.7 Å². The Bertz CT molecular complexity index is 947. The molecule has 0 aliphatic rings. The van der Waals surface area contributed by atoms with Crippen molar-refractivity contribution in [1.82, 2.24) is 25.5 Å². The van der Waals surface area contributed by atoms with Crippen LogP contribution in [-0.2, 0) is 13.0 Å². The van der Waals surface area contributed by atoms with Gasteiger partial charge in [-0.1, -0.05) is 18.2 Å². The third-order valence-electron chi connectivity index (χ3n) is 4.11. The van der Waals surface area contributed by atoms with Crippen molar-refractivity contribution < 1.29 is 4.42 Å². The van der Waals surface area contributed by atoms with Crippen molar-refractivity contribution in [3.63, 3.8) is 0 Å². The van der Waals surface area contributed by atoms with Crippen molar-refractivity contribution in [2.75, 3.05) is 6.54 Å². The number of nitrogens with one attached hydrogen (secondary N) is 2. The number of benzene rings is 1. The molecule has 0 radical (unpaired) electrons. The largest absolute Gasteiger partial charge is 0.444 e. The fraction of sp³-hybridized carbons (Fsp3) is 0.150. The van der Waals surface area contributed by atoms with Crippen molar-refractivity contribution in [3.8, 4) is 22.7 Å². The van der Waals surface area contributed by atoms with Crippen LogP contribution in [-0.4, -0.2) is 26.7 Å². The van der Waals surface area contributed by atoms with Crippen LogP contribution >= 0.6 is 0 Å². The molecule has 0 bridgehead atoms. The summed E-state index contributed by atoms with van der Waals surface area (Å²) in [6.45, 7) is 1.53. The Morgan fingerprint density at radius 1 is 1.00 bits per heavy atom. The van der Waals surface area contributed by atoms with Crippen LogP contribution in [0.5, 0.6) is 0 Å². The summed E-state index contributed by atoms with van der Waals surface area (Å²) in [5.41, 5.74) is 5.08. The minimum absolute atomic E-state index is 0.661. The average molecular weight is 345 g/mol. The molecule has 0 saturated heterocycles. The number of H-pyrrole nitrogens is 1. The zero-order valence-corrected chi connectivity index (χ0v) is 14.2. The van der Waals surface area contributed by atoms with Gasteiger partial charge in [0, 0.05) is 48.6 Å². The molecular weight excluding hydrogens is 326 g/mol. The van der Waals surface area contributed by atoms with Crippen molar-refractivity contribution in [2.45, 2.75) is 13.0 Å². The first-order valence-electron chi connectivity index (χ1n) is 8.53. The molecule has 0 aliphatic heterocycles. The summed E-state index contributed by atoms with van der Waals surface area (Å²) in [4.78, 5) is 8.71. The van der Waals surface area contributed by atoms with Crippen LogP contribution in [0.4, 0.5) is 0 Å². The van der Waals surface area contributed by atoms with E-state index in [0.717, 1.165) is 47.6 Å². The highest BCUT2D eigenvalue weighted by Crippen LogP contribution is 2.20. The number of oxazole rings is 1. The Morgan fingerprint density at radius 2 is 1.88 bits per heavy atom. The smallest absolute Gasteiger partial charge is 0.226 e. The van der Waals surface area contributed by atoms with E-state index in [1.165, 1.54) is 0 Å². The summed E-state index contributed by atoms with van der Waals surface area (Å²) in [7, 11) is 0. The lowest BCUT2D eigenvalue weighted by atomic mass is 10.1. The van der Waals surface area contributed by atoms with Gasteiger partial charge < -0.3 is 9.73 Å². The molecule has 0 aliphatic carbocycles. The first-order chi connectivity index (χ1) is 12.9. The lowest BCUT2D eigenvalue weighted by Crippen LogP contribution is -2.17. The van der Waals surface area contributed by atoms with Gasteiger partial charge in [-0.05, 0) is 24.3 Å². The van der Waals surface area contributed by atoms with Gasteiger partial charge in [-0.2, -0.15) is 5.10 Å². The van der Waals surface area contributed by atoms with Gasteiger partial charge in [-0.3, -0.25) is 10.1 Å². The number of hydrogen-bond acceptors (Lipinski definition) is 5. The molecule has 1 aromatic carbocycles. The number of hydrogen-bond donors (Lipinski definition) is 2. The predicted molar refractivity (Wildman–Crippen MR) is 99.2 cm³/mol. The maximum Gasteiger partial charge on any atom is 0.226 e. The molecule has 26 heavy (non-hydrogen) atoms. The molecule has 4 aromatic rings. The second kappa shape index (κ2) is 7.76. The molecule has 130 valence electrons. The molecule has 2 N–H and O–H groups in total. The van der Waals surface area contributed by atoms with Crippen LogP contribution in [0, 0.1) is 0 Å². The number of pyridine rings is 1. The number of aromatic amines is 1. The highest BCUT2D eigenvalue weighted by molar-refractivity contribution is 5.61. The van der Waals surface area contributed by atoms with Crippen molar-refractivity contribution >= 4 is 0 Å². The van der Waals surface area contributed by atoms with Gasteiger partial charge >= 0.3 is 0 Å². The highest BCUT2D eigenvalue weighted by Gasteiger charge is 2.08. The Kier molecular flexibility index (Phi) is 4.84. The molecule has 6 nitrogen and oxygen atoms in total. The average Bonchev–Trinajstić information content (AvgIpc) is 3.36. The Morgan fingerprint density at radius 3 is 2.73 bits per heavy atom. The second-order valence-corrected chi connectivity index (χ2v) is 5.95. The molecule has 6 heteroatoms. The van der Waals surface area contributed by atoms with Crippen LogP contribution in [0.3, 0.4) is 0 Å². The lowest BCUT2D eigenvalue weighted by molar-refractivity contribution is 0.571. The fourth-order valence-corrected chi connectivity index (χ4v) is 2.78. The molecule has 0 atom stereocenters. The van der Waals surface area contributed by atoms with Gasteiger partial charge in [0.1, 0.15) is 6.26 Å². The Labute approximate surface area is 151 Å². The number of aromatic nitrogens is 4. The summed E-state index contributed by atoms with van der Waals surface area (Å²) in [6, 6.07) is 13.9. The van der Waals surface area contributed by atoms with Crippen LogP contribution in [0.25, 0.3) is 22.7 Å². The highest BCUT2D eigenvalue weighted by atomic mass is 16.3. The van der Waals surface area contributed by atoms with Gasteiger partial charge in [0.05, 0.1) is 17.6 Å². The SMILES string of the molecule is c1ccc(-c2nc(CCNCc3cn[nH]c3-c3cccnc3)co2)cc1. The van der Waals surface area contributed by atoms with E-state index < -0.39 is 0 Å². The van der Waals surface area contributed by atoms with Gasteiger partial charge in [0.2, 0.25) is 5.89 Å². The van der Waals surface area contributed by atoms with Crippen molar-refractivity contribution in [2.24, 2.45) is 0 Å². The summed E-state index contributed by atoms with van der Waals surface area (Å²) in [6.07, 6.45) is 7.97. The number of nitrogens with zero attached hydrogens (tertiary/aromatic N) is 3. The van der Waals surface area contributed by atoms with E-state index in [2.05, 4.69) is 25.5 Å². The zero-order valence-electron chi connectivity index (χ0n) is 14.2. The van der Waals surface area contributed by atoms with Gasteiger partial charge in [0.25, 0.3) is 0 Å². The van der Waals surface area contributed by atoms with E-state index in [0.29, 0.717) is 5.89 Å². The lowest BCUT2D eigenvalue weighted by Gasteiger charge is -2.04. The zero-order chi connectivity index (χ0) is 17.6. The minimum atomic E-state index is 0.661. The third-order valence-corrected chi connectivity index (χ3v) is 4.11. The molecule has 0 spiro atoms. The molecule has 0 fully saturated rings. The predicted octanol–water partition coefficient (Wildman–Crippen LogP) is 3.46. The first kappa shape index (κ1) is 16.2. The maximum atomic E-state index is 5.57. The van der Waals surface area contributed by atoms with Crippen LogP contribution in [0.2, 0.25) is 0 Å². The quantitative estimate of drug-likeness (QED) is 0.502. The van der Waals surface area contributed by atoms with Gasteiger partial charge in [-0.15, -0.1) is 0 Å². The molecular formula is C20H19N5O. The summed E-state index contributed by atoms with van der Waals surface area (Å²) in [5.74, 6) is 0.661. The van der Waals surface area contributed by atoms with E-state index >= 15 is 0 Å². The van der Waals surface area contributed by atoms with Gasteiger partial charge in [-0.25, -0.2) is 4.98 Å². The Balaban J connectivity index is 1.32. The van der Waals surface area contributed by atoms with E-state index in [1.54, 1.807) is 12.5 Å². The summed E-state index contributed by atoms with van der Waals surface area (Å²) in [5, 5.41) is 10.6. The Hall–Kier alpha value is -3.25. The van der Waals surface area contributed by atoms with Gasteiger partial charge in [0.15, 0.2) is 0 Å². The first-order valence-corrected chi connectivity index (χ1v) is 8.53. The fourth-order valence-electron chi connectivity index (χ4n) is 2.78. The van der Waals surface area contributed by atoms with Crippen LogP contribution < -0.4 is 5.32 Å². The molecule has 0 unspecified atom stereocenters. The third kappa shape index (κ3) is 3.70. The number of rotatable bonds is 7. The van der Waals surface area contributed by atoms with E-state index in [1.807, 2.05) is 54.9 Å².